The average Bonchev–Trinajstić information content (AvgIpc) is 2.45. The fourth-order valence-electron chi connectivity index (χ4n) is 1.56. The van der Waals surface area contributed by atoms with E-state index in [0.29, 0.717) is 0 Å². The minimum absolute atomic E-state index is 0.282. The van der Waals surface area contributed by atoms with Crippen LogP contribution in [0.2, 0.25) is 0 Å². The van der Waals surface area contributed by atoms with E-state index in [0.717, 1.165) is 17.0 Å². The van der Waals surface area contributed by atoms with Crippen LogP contribution in [0.1, 0.15) is 12.0 Å². The Balaban J connectivity index is 2.19. The molecular formula is C15H13N3. The first-order valence-corrected chi connectivity index (χ1v) is 5.70. The highest BCUT2D eigenvalue weighted by Gasteiger charge is 2.02. The molecule has 0 bridgehead atoms. The second-order valence-electron chi connectivity index (χ2n) is 3.74. The van der Waals surface area contributed by atoms with E-state index in [2.05, 4.69) is 16.6 Å². The van der Waals surface area contributed by atoms with Crippen LogP contribution in [0.15, 0.2) is 65.8 Å². The molecule has 0 saturated heterocycles. The number of hydrazone groups is 1. The second kappa shape index (κ2) is 6.21. The quantitative estimate of drug-likeness (QED) is 0.652. The van der Waals surface area contributed by atoms with Gasteiger partial charge in [0.15, 0.2) is 0 Å². The molecule has 0 radical (unpaired) electrons. The Hall–Kier alpha value is -2.60. The largest absolute Gasteiger partial charge is 0.278 e. The molecule has 0 atom stereocenters. The molecule has 0 heterocycles. The molecular weight excluding hydrogens is 222 g/mol. The van der Waals surface area contributed by atoms with Gasteiger partial charge < -0.3 is 0 Å². The van der Waals surface area contributed by atoms with Gasteiger partial charge in [0.25, 0.3) is 0 Å². The Morgan fingerprint density at radius 1 is 1.00 bits per heavy atom. The number of hydrogen-bond donors (Lipinski definition) is 1. The molecule has 0 saturated carbocycles. The first-order chi connectivity index (χ1) is 8.90. The van der Waals surface area contributed by atoms with E-state index in [9.17, 15) is 0 Å². The zero-order valence-electron chi connectivity index (χ0n) is 9.88. The van der Waals surface area contributed by atoms with Crippen LogP contribution in [0.4, 0.5) is 5.69 Å². The van der Waals surface area contributed by atoms with E-state index < -0.39 is 0 Å². The molecule has 0 unspecified atom stereocenters. The highest BCUT2D eigenvalue weighted by molar-refractivity contribution is 6.02. The lowest BCUT2D eigenvalue weighted by molar-refractivity contribution is 1.28. The lowest BCUT2D eigenvalue weighted by Gasteiger charge is -2.04. The highest BCUT2D eigenvalue weighted by atomic mass is 15.3. The summed E-state index contributed by atoms with van der Waals surface area (Å²) in [5.41, 5.74) is 5.57. The summed E-state index contributed by atoms with van der Waals surface area (Å²) < 4.78 is 0. The summed E-state index contributed by atoms with van der Waals surface area (Å²) in [6, 6.07) is 21.5. The SMILES string of the molecule is N#CC/C(=N\Nc1ccccc1)c1ccccc1. The number of benzene rings is 2. The molecule has 88 valence electrons. The molecule has 0 spiro atoms. The first kappa shape index (κ1) is 11.9. The van der Waals surface area contributed by atoms with Crippen LogP contribution >= 0.6 is 0 Å². The van der Waals surface area contributed by atoms with Gasteiger partial charge in [0.1, 0.15) is 0 Å². The number of nitrogens with one attached hydrogen (secondary N) is 1. The predicted octanol–water partition coefficient (Wildman–Crippen LogP) is 3.42. The summed E-state index contributed by atoms with van der Waals surface area (Å²) in [7, 11) is 0. The Labute approximate surface area is 106 Å². The molecule has 0 aliphatic rings. The molecule has 2 aromatic rings. The van der Waals surface area contributed by atoms with E-state index in [-0.39, 0.29) is 6.42 Å². The van der Waals surface area contributed by atoms with Crippen LogP contribution in [0, 0.1) is 11.3 Å². The summed E-state index contributed by atoms with van der Waals surface area (Å²) >= 11 is 0. The van der Waals surface area contributed by atoms with Crippen molar-refractivity contribution in [2.24, 2.45) is 5.10 Å². The van der Waals surface area contributed by atoms with E-state index in [1.807, 2.05) is 60.7 Å². The summed E-state index contributed by atoms with van der Waals surface area (Å²) in [5.74, 6) is 0. The Morgan fingerprint density at radius 2 is 1.61 bits per heavy atom. The van der Waals surface area contributed by atoms with E-state index in [1.165, 1.54) is 0 Å². The minimum atomic E-state index is 0.282. The lowest BCUT2D eigenvalue weighted by atomic mass is 10.1. The number of para-hydroxylation sites is 1. The molecule has 2 rings (SSSR count). The third-order valence-corrected chi connectivity index (χ3v) is 2.45. The molecule has 0 fully saturated rings. The van der Waals surface area contributed by atoms with E-state index >= 15 is 0 Å². The summed E-state index contributed by atoms with van der Waals surface area (Å²) in [6.07, 6.45) is 0.282. The minimum Gasteiger partial charge on any atom is -0.278 e. The van der Waals surface area contributed by atoms with Crippen molar-refractivity contribution in [1.82, 2.24) is 0 Å². The third kappa shape index (κ3) is 3.19. The summed E-state index contributed by atoms with van der Waals surface area (Å²) in [5, 5.41) is 13.1. The van der Waals surface area contributed by atoms with Gasteiger partial charge in [-0.25, -0.2) is 0 Å². The first-order valence-electron chi connectivity index (χ1n) is 5.70. The smallest absolute Gasteiger partial charge is 0.0819 e. The van der Waals surface area contributed by atoms with Crippen molar-refractivity contribution in [3.8, 4) is 6.07 Å². The average molecular weight is 235 g/mol. The Morgan fingerprint density at radius 3 is 2.22 bits per heavy atom. The number of nitrogens with zero attached hydrogens (tertiary/aromatic N) is 2. The Bertz CT molecular complexity index is 553. The van der Waals surface area contributed by atoms with Crippen molar-refractivity contribution < 1.29 is 0 Å². The molecule has 0 aliphatic heterocycles. The van der Waals surface area contributed by atoms with Gasteiger partial charge in [0.2, 0.25) is 0 Å². The van der Waals surface area contributed by atoms with Crippen LogP contribution in [-0.4, -0.2) is 5.71 Å². The number of anilines is 1. The van der Waals surface area contributed by atoms with Crippen LogP contribution in [0.3, 0.4) is 0 Å². The Kier molecular flexibility index (Phi) is 4.10. The topological polar surface area (TPSA) is 48.2 Å². The number of nitriles is 1. The predicted molar refractivity (Wildman–Crippen MR) is 73.3 cm³/mol. The maximum absolute atomic E-state index is 8.84. The van der Waals surface area contributed by atoms with Gasteiger partial charge in [-0.05, 0) is 17.7 Å². The maximum atomic E-state index is 8.84. The molecule has 2 aromatic carbocycles. The molecule has 0 aliphatic carbocycles. The van der Waals surface area contributed by atoms with Gasteiger partial charge >= 0.3 is 0 Å². The van der Waals surface area contributed by atoms with Crippen LogP contribution in [0.25, 0.3) is 0 Å². The van der Waals surface area contributed by atoms with E-state index in [1.54, 1.807) is 0 Å². The fourth-order valence-corrected chi connectivity index (χ4v) is 1.56. The maximum Gasteiger partial charge on any atom is 0.0819 e. The van der Waals surface area contributed by atoms with Gasteiger partial charge in [-0.15, -0.1) is 0 Å². The van der Waals surface area contributed by atoms with Gasteiger partial charge in [0.05, 0.1) is 23.9 Å². The molecule has 3 heteroatoms. The van der Waals surface area contributed by atoms with Crippen molar-refractivity contribution >= 4 is 11.4 Å². The van der Waals surface area contributed by atoms with Crippen molar-refractivity contribution in [3.05, 3.63) is 66.2 Å². The zero-order chi connectivity index (χ0) is 12.6. The number of rotatable bonds is 4. The van der Waals surface area contributed by atoms with Crippen molar-refractivity contribution in [2.75, 3.05) is 5.43 Å². The van der Waals surface area contributed by atoms with Crippen LogP contribution < -0.4 is 5.43 Å². The van der Waals surface area contributed by atoms with Gasteiger partial charge in [-0.2, -0.15) is 10.4 Å². The molecule has 18 heavy (non-hydrogen) atoms. The number of hydrogen-bond acceptors (Lipinski definition) is 3. The zero-order valence-corrected chi connectivity index (χ0v) is 9.88. The van der Waals surface area contributed by atoms with Crippen molar-refractivity contribution in [1.29, 1.82) is 5.26 Å². The highest BCUT2D eigenvalue weighted by Crippen LogP contribution is 2.08. The summed E-state index contributed by atoms with van der Waals surface area (Å²) in [4.78, 5) is 0. The fraction of sp³-hybridized carbons (Fsp3) is 0.0667. The normalized spacial score (nSPS) is 10.7. The molecule has 0 amide bonds. The van der Waals surface area contributed by atoms with Crippen LogP contribution in [0.5, 0.6) is 0 Å². The molecule has 1 N–H and O–H groups in total. The van der Waals surface area contributed by atoms with Gasteiger partial charge in [-0.3, -0.25) is 5.43 Å². The lowest BCUT2D eigenvalue weighted by Crippen LogP contribution is -2.03. The summed E-state index contributed by atoms with van der Waals surface area (Å²) in [6.45, 7) is 0. The molecule has 3 nitrogen and oxygen atoms in total. The van der Waals surface area contributed by atoms with E-state index in [4.69, 9.17) is 5.26 Å². The monoisotopic (exact) mass is 235 g/mol. The van der Waals surface area contributed by atoms with Crippen molar-refractivity contribution in [2.45, 2.75) is 6.42 Å². The van der Waals surface area contributed by atoms with Gasteiger partial charge in [0, 0.05) is 0 Å². The van der Waals surface area contributed by atoms with Crippen molar-refractivity contribution in [3.63, 3.8) is 0 Å². The third-order valence-electron chi connectivity index (χ3n) is 2.45. The second-order valence-corrected chi connectivity index (χ2v) is 3.74. The van der Waals surface area contributed by atoms with Crippen LogP contribution in [-0.2, 0) is 0 Å². The van der Waals surface area contributed by atoms with Gasteiger partial charge in [-0.1, -0.05) is 48.5 Å². The molecule has 0 aromatic heterocycles. The standard InChI is InChI=1S/C15H13N3/c16-12-11-15(13-7-3-1-4-8-13)18-17-14-9-5-2-6-10-14/h1-10,17H,11H2/b18-15+.